The molecule has 1 spiro atoms. The summed E-state index contributed by atoms with van der Waals surface area (Å²) in [5.74, 6) is 5.34. The topological polar surface area (TPSA) is 51.6 Å². The third-order valence-electron chi connectivity index (χ3n) is 11.6. The second-order valence-electron chi connectivity index (χ2n) is 14.0. The summed E-state index contributed by atoms with van der Waals surface area (Å²) in [5, 5.41) is 0. The zero-order chi connectivity index (χ0) is 30.2. The summed E-state index contributed by atoms with van der Waals surface area (Å²) < 4.78 is 0. The van der Waals surface area contributed by atoms with E-state index in [1.165, 1.54) is 65.5 Å². The monoisotopic (exact) mass is 594 g/mol. The summed E-state index contributed by atoms with van der Waals surface area (Å²) in [7, 11) is 0. The van der Waals surface area contributed by atoms with Crippen molar-refractivity contribution in [3.05, 3.63) is 133 Å². The highest BCUT2D eigenvalue weighted by molar-refractivity contribution is 5.84. The van der Waals surface area contributed by atoms with Gasteiger partial charge in [-0.3, -0.25) is 4.98 Å². The Hall–Kier alpha value is -4.96. The van der Waals surface area contributed by atoms with Crippen LogP contribution in [-0.2, 0) is 5.41 Å². The molecule has 4 saturated carbocycles. The maximum Gasteiger partial charge on any atom is 0.164 e. The number of nitrogens with zero attached hydrogens (tertiary/aromatic N) is 4. The number of aromatic nitrogens is 4. The Kier molecular flexibility index (Phi) is 5.72. The van der Waals surface area contributed by atoms with Crippen LogP contribution in [0.25, 0.3) is 56.4 Å². The summed E-state index contributed by atoms with van der Waals surface area (Å²) in [5.41, 5.74) is 11.1. The fraction of sp³-hybridized carbons (Fsp3) is 0.238. The van der Waals surface area contributed by atoms with Crippen molar-refractivity contribution in [2.24, 2.45) is 23.7 Å². The molecule has 6 aromatic rings. The van der Waals surface area contributed by atoms with Gasteiger partial charge in [0.15, 0.2) is 17.5 Å². The van der Waals surface area contributed by atoms with E-state index in [1.54, 1.807) is 0 Å². The van der Waals surface area contributed by atoms with E-state index in [0.29, 0.717) is 29.3 Å². The van der Waals surface area contributed by atoms with Crippen molar-refractivity contribution < 1.29 is 0 Å². The predicted molar refractivity (Wildman–Crippen MR) is 183 cm³/mol. The number of pyridine rings is 1. The van der Waals surface area contributed by atoms with Crippen molar-refractivity contribution in [1.82, 2.24) is 19.9 Å². The van der Waals surface area contributed by atoms with E-state index in [1.807, 2.05) is 30.5 Å². The maximum absolute atomic E-state index is 5.13. The lowest BCUT2D eigenvalue weighted by Crippen LogP contribution is -2.55. The lowest BCUT2D eigenvalue weighted by Gasteiger charge is -2.61. The number of fused-ring (bicyclic) bond motifs is 3. The summed E-state index contributed by atoms with van der Waals surface area (Å²) in [6, 6.07) is 38.6. The van der Waals surface area contributed by atoms with Crippen LogP contribution in [-0.4, -0.2) is 19.9 Å². The third-order valence-corrected chi connectivity index (χ3v) is 11.6. The smallest absolute Gasteiger partial charge is 0.164 e. The van der Waals surface area contributed by atoms with Crippen LogP contribution in [0, 0.1) is 23.7 Å². The van der Waals surface area contributed by atoms with E-state index in [2.05, 4.69) is 91.1 Å². The van der Waals surface area contributed by atoms with Gasteiger partial charge in [0, 0.05) is 34.5 Å². The van der Waals surface area contributed by atoms with E-state index in [0.717, 1.165) is 28.5 Å². The highest BCUT2D eigenvalue weighted by Gasteiger charge is 2.61. The molecule has 5 aliphatic carbocycles. The molecule has 4 aromatic carbocycles. The minimum absolute atomic E-state index is 0.102. The molecule has 4 bridgehead atoms. The molecule has 5 aliphatic rings. The first kappa shape index (κ1) is 26.3. The van der Waals surface area contributed by atoms with Gasteiger partial charge in [0.25, 0.3) is 0 Å². The standard InChI is InChI=1S/C42H34N4/c1-3-7-28(8-4-1)29-11-13-31(14-12-29)40-44-39(30-9-5-2-6-10-30)45-41(46-40)32-15-16-37-36(24-32)35-17-18-43-25-38(35)42(37)33-20-26-19-27(22-33)23-34(42)21-26/h1-18,24-27,33-34H,19-23H2. The van der Waals surface area contributed by atoms with Crippen LogP contribution >= 0.6 is 0 Å². The molecule has 46 heavy (non-hydrogen) atoms. The van der Waals surface area contributed by atoms with Crippen molar-refractivity contribution in [2.45, 2.75) is 37.5 Å². The van der Waals surface area contributed by atoms with Crippen LogP contribution in [0.4, 0.5) is 0 Å². The molecule has 0 saturated heterocycles. The molecule has 0 aliphatic heterocycles. The number of rotatable bonds is 4. The van der Waals surface area contributed by atoms with Crippen LogP contribution < -0.4 is 0 Å². The molecule has 0 unspecified atom stereocenters. The fourth-order valence-corrected chi connectivity index (χ4v) is 9.97. The van der Waals surface area contributed by atoms with E-state index in [9.17, 15) is 0 Å². The summed E-state index contributed by atoms with van der Waals surface area (Å²) in [6.45, 7) is 0. The van der Waals surface area contributed by atoms with Gasteiger partial charge < -0.3 is 0 Å². The molecule has 222 valence electrons. The molecule has 0 N–H and O–H groups in total. The van der Waals surface area contributed by atoms with Gasteiger partial charge in [0.05, 0.1) is 0 Å². The highest BCUT2D eigenvalue weighted by Crippen LogP contribution is 2.69. The van der Waals surface area contributed by atoms with E-state index < -0.39 is 0 Å². The molecule has 0 radical (unpaired) electrons. The maximum atomic E-state index is 5.13. The molecule has 0 atom stereocenters. The van der Waals surface area contributed by atoms with Crippen LogP contribution in [0.5, 0.6) is 0 Å². The zero-order valence-corrected chi connectivity index (χ0v) is 25.7. The first-order chi connectivity index (χ1) is 22.7. The van der Waals surface area contributed by atoms with E-state index in [4.69, 9.17) is 19.9 Å². The molecule has 11 rings (SSSR count). The third kappa shape index (κ3) is 3.86. The quantitative estimate of drug-likeness (QED) is 0.204. The first-order valence-corrected chi connectivity index (χ1v) is 16.8. The van der Waals surface area contributed by atoms with E-state index >= 15 is 0 Å². The van der Waals surface area contributed by atoms with Gasteiger partial charge in [-0.05, 0) is 101 Å². The van der Waals surface area contributed by atoms with Crippen LogP contribution in [0.2, 0.25) is 0 Å². The Labute approximate surface area is 269 Å². The summed E-state index contributed by atoms with van der Waals surface area (Å²) in [4.78, 5) is 19.9. The minimum Gasteiger partial charge on any atom is -0.264 e. The van der Waals surface area contributed by atoms with Gasteiger partial charge in [-0.2, -0.15) is 0 Å². The number of hydrogen-bond donors (Lipinski definition) is 0. The first-order valence-electron chi connectivity index (χ1n) is 16.8. The lowest BCUT2D eigenvalue weighted by molar-refractivity contribution is -0.0400. The van der Waals surface area contributed by atoms with Crippen LogP contribution in [0.1, 0.15) is 43.2 Å². The van der Waals surface area contributed by atoms with Crippen LogP contribution in [0.15, 0.2) is 122 Å². The molecule has 4 nitrogen and oxygen atoms in total. The Balaban J connectivity index is 1.11. The van der Waals surface area contributed by atoms with Gasteiger partial charge in [-0.25, -0.2) is 15.0 Å². The van der Waals surface area contributed by atoms with Crippen molar-refractivity contribution in [3.63, 3.8) is 0 Å². The van der Waals surface area contributed by atoms with Crippen molar-refractivity contribution in [2.75, 3.05) is 0 Å². The van der Waals surface area contributed by atoms with Gasteiger partial charge in [0.1, 0.15) is 0 Å². The molecular weight excluding hydrogens is 560 g/mol. The molecule has 2 heterocycles. The second-order valence-corrected chi connectivity index (χ2v) is 14.0. The van der Waals surface area contributed by atoms with Gasteiger partial charge in [-0.1, -0.05) is 97.1 Å². The molecule has 4 heteroatoms. The van der Waals surface area contributed by atoms with Crippen molar-refractivity contribution in [3.8, 4) is 56.4 Å². The van der Waals surface area contributed by atoms with Crippen molar-refractivity contribution >= 4 is 0 Å². The highest BCUT2D eigenvalue weighted by atomic mass is 15.0. The largest absolute Gasteiger partial charge is 0.264 e. The fourth-order valence-electron chi connectivity index (χ4n) is 9.97. The Morgan fingerprint density at radius 3 is 1.63 bits per heavy atom. The Morgan fingerprint density at radius 1 is 0.457 bits per heavy atom. The van der Waals surface area contributed by atoms with E-state index in [-0.39, 0.29) is 5.41 Å². The number of benzene rings is 4. The second kappa shape index (κ2) is 10.0. The lowest BCUT2D eigenvalue weighted by atomic mass is 9.43. The Bertz CT molecular complexity index is 2070. The summed E-state index contributed by atoms with van der Waals surface area (Å²) >= 11 is 0. The van der Waals surface area contributed by atoms with Crippen molar-refractivity contribution in [1.29, 1.82) is 0 Å². The number of hydrogen-bond acceptors (Lipinski definition) is 4. The average molecular weight is 595 g/mol. The van der Waals surface area contributed by atoms with Gasteiger partial charge in [0.2, 0.25) is 0 Å². The molecule has 4 fully saturated rings. The molecule has 0 amide bonds. The minimum atomic E-state index is 0.102. The van der Waals surface area contributed by atoms with Gasteiger partial charge in [-0.15, -0.1) is 0 Å². The SMILES string of the molecule is c1ccc(-c2ccc(-c3nc(-c4ccccc4)nc(-c4ccc5c(c4)-c4ccncc4C54C5CC6CC(C5)CC4C6)n3)cc2)cc1. The predicted octanol–water partition coefficient (Wildman–Crippen LogP) is 9.66. The van der Waals surface area contributed by atoms with Gasteiger partial charge >= 0.3 is 0 Å². The average Bonchev–Trinajstić information content (AvgIpc) is 3.41. The Morgan fingerprint density at radius 2 is 0.978 bits per heavy atom. The molecule has 2 aromatic heterocycles. The summed E-state index contributed by atoms with van der Waals surface area (Å²) in [6.07, 6.45) is 11.1. The molecular formula is C42H34N4. The van der Waals surface area contributed by atoms with Crippen LogP contribution in [0.3, 0.4) is 0 Å². The zero-order valence-electron chi connectivity index (χ0n) is 25.7. The normalized spacial score (nSPS) is 25.0.